The lowest BCUT2D eigenvalue weighted by Crippen LogP contribution is -2.18. The minimum atomic E-state index is 0.708. The maximum absolute atomic E-state index is 5.62. The van der Waals surface area contributed by atoms with Gasteiger partial charge in [0.1, 0.15) is 0 Å². The van der Waals surface area contributed by atoms with Crippen molar-refractivity contribution in [3.63, 3.8) is 0 Å². The second-order valence-corrected chi connectivity index (χ2v) is 4.74. The van der Waals surface area contributed by atoms with Crippen molar-refractivity contribution in [1.82, 2.24) is 9.88 Å². The summed E-state index contributed by atoms with van der Waals surface area (Å²) in [5, 5.41) is 0. The molecule has 18 heavy (non-hydrogen) atoms. The number of aryl methyl sites for hydroxylation is 1. The predicted octanol–water partition coefficient (Wildman–Crippen LogP) is 2.60. The lowest BCUT2D eigenvalue weighted by atomic mass is 10.1. The van der Waals surface area contributed by atoms with Gasteiger partial charge in [-0.3, -0.25) is 9.88 Å². The highest BCUT2D eigenvalue weighted by Crippen LogP contribution is 2.09. The van der Waals surface area contributed by atoms with Gasteiger partial charge in [0, 0.05) is 13.1 Å². The number of hydrogen-bond acceptors (Lipinski definition) is 3. The Bertz CT molecular complexity index is 505. The van der Waals surface area contributed by atoms with Gasteiger partial charge in [0.05, 0.1) is 17.6 Å². The summed E-state index contributed by atoms with van der Waals surface area (Å²) >= 11 is 0. The van der Waals surface area contributed by atoms with Gasteiger partial charge < -0.3 is 5.73 Å². The third-order valence-electron chi connectivity index (χ3n) is 2.81. The fraction of sp³-hybridized carbons (Fsp3) is 0.267. The molecular weight excluding hydrogens is 222 g/mol. The molecule has 2 rings (SSSR count). The van der Waals surface area contributed by atoms with Crippen molar-refractivity contribution >= 4 is 5.69 Å². The van der Waals surface area contributed by atoms with Crippen LogP contribution in [0.25, 0.3) is 0 Å². The van der Waals surface area contributed by atoms with E-state index in [-0.39, 0.29) is 0 Å². The molecule has 0 bridgehead atoms. The average molecular weight is 241 g/mol. The quantitative estimate of drug-likeness (QED) is 0.894. The highest BCUT2D eigenvalue weighted by Gasteiger charge is 2.03. The van der Waals surface area contributed by atoms with Crippen LogP contribution in [0.1, 0.15) is 16.8 Å². The smallest absolute Gasteiger partial charge is 0.0545 e. The van der Waals surface area contributed by atoms with Crippen LogP contribution in [0.15, 0.2) is 42.6 Å². The molecule has 0 atom stereocenters. The van der Waals surface area contributed by atoms with E-state index >= 15 is 0 Å². The Morgan fingerprint density at radius 1 is 1.17 bits per heavy atom. The van der Waals surface area contributed by atoms with E-state index in [4.69, 9.17) is 5.73 Å². The van der Waals surface area contributed by atoms with Crippen molar-refractivity contribution in [2.45, 2.75) is 20.0 Å². The molecule has 1 aromatic carbocycles. The third kappa shape index (κ3) is 3.57. The molecule has 0 aliphatic carbocycles. The van der Waals surface area contributed by atoms with Crippen LogP contribution in [0.3, 0.4) is 0 Å². The first kappa shape index (κ1) is 12.6. The van der Waals surface area contributed by atoms with Crippen LogP contribution >= 0.6 is 0 Å². The Labute approximate surface area is 108 Å². The van der Waals surface area contributed by atoms with Gasteiger partial charge in [-0.25, -0.2) is 0 Å². The van der Waals surface area contributed by atoms with E-state index in [1.807, 2.05) is 12.1 Å². The molecular formula is C15H19N3. The Balaban J connectivity index is 1.96. The van der Waals surface area contributed by atoms with Crippen molar-refractivity contribution in [3.05, 3.63) is 59.4 Å². The molecule has 2 aromatic rings. The van der Waals surface area contributed by atoms with Gasteiger partial charge in [-0.2, -0.15) is 0 Å². The fourth-order valence-corrected chi connectivity index (χ4v) is 1.98. The van der Waals surface area contributed by atoms with Gasteiger partial charge in [-0.1, -0.05) is 29.8 Å². The third-order valence-corrected chi connectivity index (χ3v) is 2.81. The molecule has 0 spiro atoms. The van der Waals surface area contributed by atoms with Gasteiger partial charge in [-0.05, 0) is 31.7 Å². The summed E-state index contributed by atoms with van der Waals surface area (Å²) in [6.45, 7) is 3.87. The maximum Gasteiger partial charge on any atom is 0.0545 e. The van der Waals surface area contributed by atoms with E-state index in [9.17, 15) is 0 Å². The van der Waals surface area contributed by atoms with Crippen molar-refractivity contribution in [2.24, 2.45) is 0 Å². The summed E-state index contributed by atoms with van der Waals surface area (Å²) in [7, 11) is 2.10. The number of pyridine rings is 1. The number of nitrogens with two attached hydrogens (primary N) is 1. The maximum atomic E-state index is 5.62. The molecule has 3 nitrogen and oxygen atoms in total. The minimum Gasteiger partial charge on any atom is -0.397 e. The van der Waals surface area contributed by atoms with Crippen molar-refractivity contribution in [2.75, 3.05) is 12.8 Å². The summed E-state index contributed by atoms with van der Waals surface area (Å²) in [6, 6.07) is 12.4. The minimum absolute atomic E-state index is 0.708. The fourth-order valence-electron chi connectivity index (χ4n) is 1.98. The molecule has 0 aliphatic rings. The zero-order chi connectivity index (χ0) is 13.0. The Morgan fingerprint density at radius 3 is 2.67 bits per heavy atom. The molecule has 0 unspecified atom stereocenters. The Kier molecular flexibility index (Phi) is 3.95. The largest absolute Gasteiger partial charge is 0.397 e. The zero-order valence-corrected chi connectivity index (χ0v) is 10.9. The number of hydrogen-bond donors (Lipinski definition) is 1. The second-order valence-electron chi connectivity index (χ2n) is 4.74. The lowest BCUT2D eigenvalue weighted by Gasteiger charge is -2.16. The first-order valence-electron chi connectivity index (χ1n) is 6.08. The van der Waals surface area contributed by atoms with Crippen LogP contribution in [0.4, 0.5) is 5.69 Å². The van der Waals surface area contributed by atoms with Crippen molar-refractivity contribution < 1.29 is 0 Å². The van der Waals surface area contributed by atoms with Crippen LogP contribution < -0.4 is 5.73 Å². The van der Waals surface area contributed by atoms with E-state index in [0.29, 0.717) is 5.69 Å². The number of nitrogens with zero attached hydrogens (tertiary/aromatic N) is 2. The van der Waals surface area contributed by atoms with Crippen LogP contribution in [-0.2, 0) is 13.1 Å². The first-order chi connectivity index (χ1) is 8.63. The molecule has 2 N–H and O–H groups in total. The van der Waals surface area contributed by atoms with Crippen LogP contribution in [0.5, 0.6) is 0 Å². The standard InChI is InChI=1S/C15H19N3/c1-12-4-3-5-13(8-12)10-18(2)11-15-7-6-14(16)9-17-15/h3-9H,10-11,16H2,1-2H3. The second kappa shape index (κ2) is 5.65. The molecule has 94 valence electrons. The summed E-state index contributed by atoms with van der Waals surface area (Å²) < 4.78 is 0. The van der Waals surface area contributed by atoms with Crippen molar-refractivity contribution in [1.29, 1.82) is 0 Å². The summed E-state index contributed by atoms with van der Waals surface area (Å²) in [5.74, 6) is 0. The summed E-state index contributed by atoms with van der Waals surface area (Å²) in [6.07, 6.45) is 1.70. The number of rotatable bonds is 4. The molecule has 0 radical (unpaired) electrons. The normalized spacial score (nSPS) is 10.8. The van der Waals surface area contributed by atoms with Gasteiger partial charge >= 0.3 is 0 Å². The highest BCUT2D eigenvalue weighted by atomic mass is 15.1. The molecule has 0 aliphatic heterocycles. The van der Waals surface area contributed by atoms with E-state index in [2.05, 4.69) is 48.1 Å². The molecule has 0 fully saturated rings. The number of nitrogen functional groups attached to an aromatic ring is 1. The molecule has 0 amide bonds. The molecule has 1 heterocycles. The molecule has 3 heteroatoms. The van der Waals surface area contributed by atoms with Crippen LogP contribution in [0.2, 0.25) is 0 Å². The highest BCUT2D eigenvalue weighted by molar-refractivity contribution is 5.34. The molecule has 0 saturated heterocycles. The van der Waals surface area contributed by atoms with E-state index in [1.54, 1.807) is 6.20 Å². The van der Waals surface area contributed by atoms with Crippen LogP contribution in [0, 0.1) is 6.92 Å². The van der Waals surface area contributed by atoms with Gasteiger partial charge in [-0.15, -0.1) is 0 Å². The number of anilines is 1. The van der Waals surface area contributed by atoms with Gasteiger partial charge in [0.25, 0.3) is 0 Å². The monoisotopic (exact) mass is 241 g/mol. The van der Waals surface area contributed by atoms with E-state index in [0.717, 1.165) is 18.8 Å². The number of aromatic nitrogens is 1. The summed E-state index contributed by atoms with van der Waals surface area (Å²) in [4.78, 5) is 6.55. The summed E-state index contributed by atoms with van der Waals surface area (Å²) in [5.41, 5.74) is 10.00. The topological polar surface area (TPSA) is 42.1 Å². The Morgan fingerprint density at radius 2 is 2.00 bits per heavy atom. The van der Waals surface area contributed by atoms with Gasteiger partial charge in [0.15, 0.2) is 0 Å². The molecule has 1 aromatic heterocycles. The lowest BCUT2D eigenvalue weighted by molar-refractivity contribution is 0.315. The predicted molar refractivity (Wildman–Crippen MR) is 75.0 cm³/mol. The average Bonchev–Trinajstić information content (AvgIpc) is 2.32. The van der Waals surface area contributed by atoms with Crippen LogP contribution in [-0.4, -0.2) is 16.9 Å². The number of benzene rings is 1. The molecule has 0 saturated carbocycles. The zero-order valence-electron chi connectivity index (χ0n) is 10.9. The van der Waals surface area contributed by atoms with Gasteiger partial charge in [0.2, 0.25) is 0 Å². The van der Waals surface area contributed by atoms with Crippen molar-refractivity contribution in [3.8, 4) is 0 Å². The van der Waals surface area contributed by atoms with E-state index < -0.39 is 0 Å². The van der Waals surface area contributed by atoms with E-state index in [1.165, 1.54) is 11.1 Å². The first-order valence-corrected chi connectivity index (χ1v) is 6.08. The SMILES string of the molecule is Cc1cccc(CN(C)Cc2ccc(N)cn2)c1. The Hall–Kier alpha value is -1.87.